The van der Waals surface area contributed by atoms with Crippen LogP contribution in [0.15, 0.2) is 12.1 Å². The Labute approximate surface area is 145 Å². The Bertz CT molecular complexity index is 614. The zero-order valence-electron chi connectivity index (χ0n) is 15.7. The molecule has 24 heavy (non-hydrogen) atoms. The molecule has 1 fully saturated rings. The number of rotatable bonds is 4. The molecule has 132 valence electrons. The molecular formula is C20H30N2O2. The maximum atomic E-state index is 12.6. The molecule has 4 nitrogen and oxygen atoms in total. The Hall–Kier alpha value is -1.84. The van der Waals surface area contributed by atoms with Gasteiger partial charge in [-0.1, -0.05) is 26.0 Å². The van der Waals surface area contributed by atoms with Gasteiger partial charge in [0, 0.05) is 32.6 Å². The number of hydrogen-bond donors (Lipinski definition) is 0. The first-order chi connectivity index (χ1) is 11.3. The topological polar surface area (TPSA) is 40.6 Å². The Kier molecular flexibility index (Phi) is 6.03. The minimum Gasteiger partial charge on any atom is -0.339 e. The Morgan fingerprint density at radius 3 is 1.92 bits per heavy atom. The van der Waals surface area contributed by atoms with E-state index in [2.05, 4.69) is 46.8 Å². The van der Waals surface area contributed by atoms with Gasteiger partial charge in [-0.05, 0) is 48.9 Å². The van der Waals surface area contributed by atoms with Crippen LogP contribution < -0.4 is 0 Å². The molecule has 4 heteroatoms. The van der Waals surface area contributed by atoms with E-state index in [1.807, 2.05) is 9.80 Å². The highest BCUT2D eigenvalue weighted by Crippen LogP contribution is 2.17. The van der Waals surface area contributed by atoms with Crippen molar-refractivity contribution < 1.29 is 9.59 Å². The van der Waals surface area contributed by atoms with Crippen molar-refractivity contribution in [1.29, 1.82) is 0 Å². The lowest BCUT2D eigenvalue weighted by atomic mass is 9.98. The van der Waals surface area contributed by atoms with Gasteiger partial charge in [0.1, 0.15) is 0 Å². The second-order valence-electron chi connectivity index (χ2n) is 7.40. The standard InChI is InChI=1S/C20H30N2O2/c1-14(2)10-19(23)21-6-8-22(9-7-21)20(24)13-18-12-16(4)15(3)11-17(18)5/h11-12,14H,6-10,13H2,1-5H3. The van der Waals surface area contributed by atoms with Crippen LogP contribution in [0, 0.1) is 26.7 Å². The van der Waals surface area contributed by atoms with E-state index in [4.69, 9.17) is 0 Å². The van der Waals surface area contributed by atoms with Crippen LogP contribution in [-0.4, -0.2) is 47.8 Å². The lowest BCUT2D eigenvalue weighted by Gasteiger charge is -2.35. The van der Waals surface area contributed by atoms with E-state index < -0.39 is 0 Å². The monoisotopic (exact) mass is 330 g/mol. The maximum absolute atomic E-state index is 12.6. The number of aryl methyl sites for hydroxylation is 3. The van der Waals surface area contributed by atoms with Crippen LogP contribution in [0.2, 0.25) is 0 Å². The van der Waals surface area contributed by atoms with Crippen LogP contribution in [0.1, 0.15) is 42.5 Å². The fourth-order valence-electron chi connectivity index (χ4n) is 3.17. The third-order valence-electron chi connectivity index (χ3n) is 4.86. The summed E-state index contributed by atoms with van der Waals surface area (Å²) >= 11 is 0. The molecule has 1 saturated heterocycles. The number of nitrogens with zero attached hydrogens (tertiary/aromatic N) is 2. The molecule has 1 aromatic rings. The van der Waals surface area contributed by atoms with E-state index >= 15 is 0 Å². The molecule has 2 amide bonds. The molecular weight excluding hydrogens is 300 g/mol. The van der Waals surface area contributed by atoms with E-state index in [0.717, 1.165) is 5.56 Å². The van der Waals surface area contributed by atoms with E-state index in [1.165, 1.54) is 16.7 Å². The summed E-state index contributed by atoms with van der Waals surface area (Å²) in [6, 6.07) is 4.28. The minimum absolute atomic E-state index is 0.164. The molecule has 2 rings (SSSR count). The van der Waals surface area contributed by atoms with Gasteiger partial charge in [-0.2, -0.15) is 0 Å². The maximum Gasteiger partial charge on any atom is 0.227 e. The third-order valence-corrected chi connectivity index (χ3v) is 4.86. The van der Waals surface area contributed by atoms with Crippen LogP contribution in [0.3, 0.4) is 0 Å². The second kappa shape index (κ2) is 7.82. The van der Waals surface area contributed by atoms with Crippen molar-refractivity contribution in [3.05, 3.63) is 34.4 Å². The van der Waals surface area contributed by atoms with Gasteiger partial charge in [0.05, 0.1) is 6.42 Å². The average Bonchev–Trinajstić information content (AvgIpc) is 2.52. The first kappa shape index (κ1) is 18.5. The fourth-order valence-corrected chi connectivity index (χ4v) is 3.17. The highest BCUT2D eigenvalue weighted by Gasteiger charge is 2.24. The van der Waals surface area contributed by atoms with Gasteiger partial charge in [-0.3, -0.25) is 9.59 Å². The highest BCUT2D eigenvalue weighted by atomic mass is 16.2. The summed E-state index contributed by atoms with van der Waals surface area (Å²) in [7, 11) is 0. The van der Waals surface area contributed by atoms with Gasteiger partial charge in [0.2, 0.25) is 11.8 Å². The van der Waals surface area contributed by atoms with Crippen molar-refractivity contribution in [2.75, 3.05) is 26.2 Å². The van der Waals surface area contributed by atoms with Crippen molar-refractivity contribution in [1.82, 2.24) is 9.80 Å². The number of carbonyl (C=O) groups is 2. The summed E-state index contributed by atoms with van der Waals surface area (Å²) < 4.78 is 0. The molecule has 1 aromatic carbocycles. The van der Waals surface area contributed by atoms with Gasteiger partial charge in [0.15, 0.2) is 0 Å². The fraction of sp³-hybridized carbons (Fsp3) is 0.600. The van der Waals surface area contributed by atoms with Crippen LogP contribution in [0.25, 0.3) is 0 Å². The van der Waals surface area contributed by atoms with Crippen LogP contribution >= 0.6 is 0 Å². The lowest BCUT2D eigenvalue weighted by Crippen LogP contribution is -2.51. The van der Waals surface area contributed by atoms with Gasteiger partial charge in [0.25, 0.3) is 0 Å². The zero-order chi connectivity index (χ0) is 17.9. The summed E-state index contributed by atoms with van der Waals surface area (Å²) in [5.74, 6) is 0.754. The minimum atomic E-state index is 0.164. The Balaban J connectivity index is 1.91. The van der Waals surface area contributed by atoms with Gasteiger partial charge >= 0.3 is 0 Å². The van der Waals surface area contributed by atoms with Gasteiger partial charge < -0.3 is 9.80 Å². The van der Waals surface area contributed by atoms with Crippen LogP contribution in [0.5, 0.6) is 0 Å². The molecule has 0 saturated carbocycles. The number of amides is 2. The predicted molar refractivity (Wildman–Crippen MR) is 97.0 cm³/mol. The van der Waals surface area contributed by atoms with Gasteiger partial charge in [-0.15, -0.1) is 0 Å². The smallest absolute Gasteiger partial charge is 0.227 e. The zero-order valence-corrected chi connectivity index (χ0v) is 15.7. The number of hydrogen-bond acceptors (Lipinski definition) is 2. The Morgan fingerprint density at radius 1 is 0.875 bits per heavy atom. The molecule has 1 aliphatic rings. The normalized spacial score (nSPS) is 15.1. The third kappa shape index (κ3) is 4.59. The van der Waals surface area contributed by atoms with Crippen LogP contribution in [0.4, 0.5) is 0 Å². The number of benzene rings is 1. The quantitative estimate of drug-likeness (QED) is 0.852. The SMILES string of the molecule is Cc1cc(C)c(CC(=O)N2CCN(C(=O)CC(C)C)CC2)cc1C. The molecule has 0 atom stereocenters. The van der Waals surface area contributed by atoms with E-state index in [0.29, 0.717) is 44.9 Å². The van der Waals surface area contributed by atoms with Gasteiger partial charge in [-0.25, -0.2) is 0 Å². The van der Waals surface area contributed by atoms with Crippen molar-refractivity contribution in [3.63, 3.8) is 0 Å². The second-order valence-corrected chi connectivity index (χ2v) is 7.40. The highest BCUT2D eigenvalue weighted by molar-refractivity contribution is 5.80. The van der Waals surface area contributed by atoms with E-state index in [1.54, 1.807) is 0 Å². The van der Waals surface area contributed by atoms with E-state index in [-0.39, 0.29) is 11.8 Å². The molecule has 0 unspecified atom stereocenters. The van der Waals surface area contributed by atoms with E-state index in [9.17, 15) is 9.59 Å². The average molecular weight is 330 g/mol. The first-order valence-corrected chi connectivity index (χ1v) is 8.90. The molecule has 0 aromatic heterocycles. The van der Waals surface area contributed by atoms with Crippen molar-refractivity contribution in [2.24, 2.45) is 5.92 Å². The Morgan fingerprint density at radius 2 is 1.38 bits per heavy atom. The number of carbonyl (C=O) groups excluding carboxylic acids is 2. The summed E-state index contributed by atoms with van der Waals surface area (Å²) in [6.07, 6.45) is 1.04. The molecule has 0 radical (unpaired) electrons. The summed E-state index contributed by atoms with van der Waals surface area (Å²) in [5, 5.41) is 0. The van der Waals surface area contributed by atoms with Crippen molar-refractivity contribution >= 4 is 11.8 Å². The first-order valence-electron chi connectivity index (χ1n) is 8.90. The molecule has 1 aliphatic heterocycles. The summed E-state index contributed by atoms with van der Waals surface area (Å²) in [6.45, 7) is 13.0. The molecule has 0 aliphatic carbocycles. The van der Waals surface area contributed by atoms with Crippen LogP contribution in [-0.2, 0) is 16.0 Å². The molecule has 0 N–H and O–H groups in total. The molecule has 1 heterocycles. The lowest BCUT2D eigenvalue weighted by molar-refractivity contribution is -0.139. The molecule has 0 bridgehead atoms. The van der Waals surface area contributed by atoms with Crippen molar-refractivity contribution in [3.8, 4) is 0 Å². The summed E-state index contributed by atoms with van der Waals surface area (Å²) in [4.78, 5) is 28.5. The predicted octanol–water partition coefficient (Wildman–Crippen LogP) is 2.87. The number of piperazine rings is 1. The van der Waals surface area contributed by atoms with Crippen molar-refractivity contribution in [2.45, 2.75) is 47.5 Å². The molecule has 0 spiro atoms. The summed E-state index contributed by atoms with van der Waals surface area (Å²) in [5.41, 5.74) is 4.78. The largest absolute Gasteiger partial charge is 0.339 e.